The number of carbonyl (C=O) groups excluding carboxylic acids is 1. The van der Waals surface area contributed by atoms with E-state index in [-0.39, 0.29) is 27.3 Å². The Balaban J connectivity index is 2.19. The Bertz CT molecular complexity index is 876. The van der Waals surface area contributed by atoms with Gasteiger partial charge >= 0.3 is 0 Å². The number of amides is 1. The maximum atomic E-state index is 12.2. The van der Waals surface area contributed by atoms with E-state index < -0.39 is 22.5 Å². The van der Waals surface area contributed by atoms with E-state index in [1.165, 1.54) is 12.1 Å². The Morgan fingerprint density at radius 1 is 1.12 bits per heavy atom. The molecule has 10 heteroatoms. The van der Waals surface area contributed by atoms with Gasteiger partial charge in [-0.25, -0.2) is 8.42 Å². The number of anilines is 1. The number of halogens is 3. The van der Waals surface area contributed by atoms with Crippen LogP contribution in [0.5, 0.6) is 0 Å². The van der Waals surface area contributed by atoms with Crippen LogP contribution in [0.15, 0.2) is 36.7 Å². The molecule has 0 bridgehead atoms. The maximum Gasteiger partial charge on any atom is 0.241 e. The van der Waals surface area contributed by atoms with Crippen LogP contribution in [0, 0.1) is 0 Å². The number of carbonyl (C=O) groups is 1. The number of rotatable bonds is 6. The van der Waals surface area contributed by atoms with Crippen LogP contribution >= 0.6 is 34.8 Å². The third-order valence-electron chi connectivity index (χ3n) is 3.19. The third kappa shape index (κ3) is 5.47. The van der Waals surface area contributed by atoms with Gasteiger partial charge in [-0.3, -0.25) is 14.1 Å². The molecule has 1 aromatic carbocycles. The third-order valence-corrected chi connectivity index (χ3v) is 5.34. The molecule has 1 N–H and O–H groups in total. The average Bonchev–Trinajstić information content (AvgIpc) is 2.54. The largest absolute Gasteiger partial charge is 0.350 e. The second-order valence-electron chi connectivity index (χ2n) is 5.12. The first-order chi connectivity index (χ1) is 11.7. The average molecular weight is 423 g/mol. The zero-order valence-electron chi connectivity index (χ0n) is 13.0. The summed E-state index contributed by atoms with van der Waals surface area (Å²) in [6.45, 7) is -0.199. The van der Waals surface area contributed by atoms with E-state index >= 15 is 0 Å². The lowest BCUT2D eigenvalue weighted by Crippen LogP contribution is -2.40. The fourth-order valence-electron chi connectivity index (χ4n) is 1.97. The van der Waals surface area contributed by atoms with Gasteiger partial charge in [-0.1, -0.05) is 34.8 Å². The van der Waals surface area contributed by atoms with Crippen LogP contribution in [-0.4, -0.2) is 32.1 Å². The zero-order chi connectivity index (χ0) is 18.6. The topological polar surface area (TPSA) is 79.4 Å². The van der Waals surface area contributed by atoms with Crippen molar-refractivity contribution >= 4 is 56.4 Å². The predicted octanol–water partition coefficient (Wildman–Crippen LogP) is 3.12. The van der Waals surface area contributed by atoms with Gasteiger partial charge in [0.2, 0.25) is 15.9 Å². The van der Waals surface area contributed by atoms with E-state index in [4.69, 9.17) is 34.8 Å². The lowest BCUT2D eigenvalue weighted by atomic mass is 10.2. The van der Waals surface area contributed by atoms with Crippen LogP contribution in [-0.2, 0) is 21.4 Å². The minimum Gasteiger partial charge on any atom is -0.350 e. The molecule has 2 rings (SSSR count). The molecular weight excluding hydrogens is 409 g/mol. The van der Waals surface area contributed by atoms with Gasteiger partial charge in [-0.05, 0) is 29.8 Å². The molecule has 6 nitrogen and oxygen atoms in total. The summed E-state index contributed by atoms with van der Waals surface area (Å²) < 4.78 is 25.1. The Morgan fingerprint density at radius 3 is 2.32 bits per heavy atom. The first-order valence-corrected chi connectivity index (χ1v) is 9.94. The first-order valence-electron chi connectivity index (χ1n) is 6.96. The summed E-state index contributed by atoms with van der Waals surface area (Å²) in [5.41, 5.74) is 0.916. The van der Waals surface area contributed by atoms with Gasteiger partial charge in [0.25, 0.3) is 0 Å². The van der Waals surface area contributed by atoms with E-state index in [1.54, 1.807) is 24.5 Å². The zero-order valence-corrected chi connectivity index (χ0v) is 16.1. The number of sulfonamides is 1. The number of hydrogen-bond acceptors (Lipinski definition) is 4. The van der Waals surface area contributed by atoms with E-state index in [2.05, 4.69) is 10.3 Å². The molecule has 0 aliphatic heterocycles. The van der Waals surface area contributed by atoms with Crippen molar-refractivity contribution in [3.63, 3.8) is 0 Å². The molecule has 0 atom stereocenters. The number of hydrogen-bond donors (Lipinski definition) is 1. The van der Waals surface area contributed by atoms with Crippen LogP contribution < -0.4 is 9.62 Å². The number of pyridine rings is 1. The minimum atomic E-state index is -3.77. The van der Waals surface area contributed by atoms with Gasteiger partial charge in [0, 0.05) is 18.9 Å². The molecule has 0 unspecified atom stereocenters. The van der Waals surface area contributed by atoms with Crippen molar-refractivity contribution in [3.8, 4) is 0 Å². The number of aromatic nitrogens is 1. The van der Waals surface area contributed by atoms with Crippen LogP contribution in [0.3, 0.4) is 0 Å². The highest BCUT2D eigenvalue weighted by Gasteiger charge is 2.24. The molecule has 1 aromatic heterocycles. The molecule has 25 heavy (non-hydrogen) atoms. The van der Waals surface area contributed by atoms with Crippen molar-refractivity contribution in [1.82, 2.24) is 10.3 Å². The molecule has 0 fully saturated rings. The maximum absolute atomic E-state index is 12.2. The van der Waals surface area contributed by atoms with Gasteiger partial charge in [0.1, 0.15) is 6.54 Å². The normalized spacial score (nSPS) is 11.2. The smallest absolute Gasteiger partial charge is 0.241 e. The van der Waals surface area contributed by atoms with Crippen molar-refractivity contribution in [3.05, 3.63) is 57.3 Å². The number of benzene rings is 1. The SMILES string of the molecule is CS(=O)(=O)N(CC(=O)NCc1ccncc1)c1cc(Cl)c(Cl)cc1Cl. The van der Waals surface area contributed by atoms with Crippen LogP contribution in [0.2, 0.25) is 15.1 Å². The summed E-state index contributed by atoms with van der Waals surface area (Å²) in [7, 11) is -3.77. The molecule has 1 amide bonds. The van der Waals surface area contributed by atoms with E-state index in [9.17, 15) is 13.2 Å². The Morgan fingerprint density at radius 2 is 1.72 bits per heavy atom. The number of nitrogens with one attached hydrogen (secondary N) is 1. The van der Waals surface area contributed by atoms with Gasteiger partial charge in [0.15, 0.2) is 0 Å². The van der Waals surface area contributed by atoms with Crippen LogP contribution in [0.4, 0.5) is 5.69 Å². The molecule has 134 valence electrons. The Labute approximate surface area is 160 Å². The van der Waals surface area contributed by atoms with E-state index in [0.29, 0.717) is 0 Å². The van der Waals surface area contributed by atoms with Gasteiger partial charge < -0.3 is 5.32 Å². The summed E-state index contributed by atoms with van der Waals surface area (Å²) in [5, 5.41) is 3.03. The standard InChI is InChI=1S/C15H14Cl3N3O3S/c1-25(23,24)21(14-7-12(17)11(16)6-13(14)18)9-15(22)20-8-10-2-4-19-5-3-10/h2-7H,8-9H2,1H3,(H,20,22). The summed E-state index contributed by atoms with van der Waals surface area (Å²) in [4.78, 5) is 16.1. The highest BCUT2D eigenvalue weighted by Crippen LogP contribution is 2.35. The molecule has 0 radical (unpaired) electrons. The first kappa shape index (κ1) is 19.8. The quantitative estimate of drug-likeness (QED) is 0.725. The molecule has 2 aromatic rings. The van der Waals surface area contributed by atoms with Crippen molar-refractivity contribution in [2.45, 2.75) is 6.54 Å². The lowest BCUT2D eigenvalue weighted by molar-refractivity contribution is -0.119. The predicted molar refractivity (Wildman–Crippen MR) is 99.7 cm³/mol. The fraction of sp³-hybridized carbons (Fsp3) is 0.200. The van der Waals surface area contributed by atoms with E-state index in [1.807, 2.05) is 0 Å². The summed E-state index contributed by atoms with van der Waals surface area (Å²) in [6.07, 6.45) is 4.17. The number of nitrogens with zero attached hydrogens (tertiary/aromatic N) is 2. The monoisotopic (exact) mass is 421 g/mol. The Hall–Kier alpha value is -1.54. The minimum absolute atomic E-state index is 0.0711. The molecule has 1 heterocycles. The fourth-order valence-corrected chi connectivity index (χ4v) is 3.53. The molecule has 0 spiro atoms. The molecule has 0 saturated heterocycles. The lowest BCUT2D eigenvalue weighted by Gasteiger charge is -2.23. The van der Waals surface area contributed by atoms with Crippen LogP contribution in [0.1, 0.15) is 5.56 Å². The second kappa shape index (κ2) is 8.23. The van der Waals surface area contributed by atoms with Crippen molar-refractivity contribution in [2.75, 3.05) is 17.1 Å². The van der Waals surface area contributed by atoms with Crippen molar-refractivity contribution in [2.24, 2.45) is 0 Å². The summed E-state index contributed by atoms with van der Waals surface area (Å²) >= 11 is 17.9. The molecule has 0 aliphatic carbocycles. The van der Waals surface area contributed by atoms with E-state index in [0.717, 1.165) is 16.1 Å². The van der Waals surface area contributed by atoms with Gasteiger partial charge in [-0.15, -0.1) is 0 Å². The van der Waals surface area contributed by atoms with Crippen molar-refractivity contribution in [1.29, 1.82) is 0 Å². The van der Waals surface area contributed by atoms with Gasteiger partial charge in [-0.2, -0.15) is 0 Å². The molecule has 0 aliphatic rings. The summed E-state index contributed by atoms with van der Waals surface area (Å²) in [6, 6.07) is 6.12. The summed E-state index contributed by atoms with van der Waals surface area (Å²) in [5.74, 6) is -0.496. The highest BCUT2D eigenvalue weighted by molar-refractivity contribution is 7.92. The highest BCUT2D eigenvalue weighted by atomic mass is 35.5. The Kier molecular flexibility index (Phi) is 6.51. The molecule has 0 saturated carbocycles. The van der Waals surface area contributed by atoms with Crippen molar-refractivity contribution < 1.29 is 13.2 Å². The van der Waals surface area contributed by atoms with Gasteiger partial charge in [0.05, 0.1) is 27.0 Å². The molecular formula is C15H14Cl3N3O3S. The second-order valence-corrected chi connectivity index (χ2v) is 8.25. The van der Waals surface area contributed by atoms with Crippen LogP contribution in [0.25, 0.3) is 0 Å².